The van der Waals surface area contributed by atoms with E-state index in [1.165, 1.54) is 30.0 Å². The molecule has 0 aliphatic carbocycles. The summed E-state index contributed by atoms with van der Waals surface area (Å²) in [5.74, 6) is 0.529. The first kappa shape index (κ1) is 14.6. The molecular weight excluding hydrogens is 250 g/mol. The van der Waals surface area contributed by atoms with Crippen molar-refractivity contribution in [3.63, 3.8) is 0 Å². The molecule has 1 rings (SSSR count). The molecule has 0 spiro atoms. The Hall–Kier alpha value is -1.49. The van der Waals surface area contributed by atoms with Crippen LogP contribution in [0.3, 0.4) is 0 Å². The van der Waals surface area contributed by atoms with Crippen LogP contribution in [0.2, 0.25) is 0 Å². The molecule has 0 saturated heterocycles. The highest BCUT2D eigenvalue weighted by atomic mass is 32.2. The molecule has 0 fully saturated rings. The Morgan fingerprint density at radius 1 is 1.28 bits per heavy atom. The third-order valence-corrected chi connectivity index (χ3v) is 3.28. The van der Waals surface area contributed by atoms with Gasteiger partial charge in [-0.05, 0) is 12.5 Å². The predicted octanol–water partition coefficient (Wildman–Crippen LogP) is 1.52. The fraction of sp³-hybridized carbons (Fsp3) is 0.385. The van der Waals surface area contributed by atoms with Gasteiger partial charge in [-0.25, -0.2) is 0 Å². The van der Waals surface area contributed by atoms with Crippen molar-refractivity contribution >= 4 is 23.6 Å². The lowest BCUT2D eigenvalue weighted by Crippen LogP contribution is -2.31. The number of nitrogens with one attached hydrogen (secondary N) is 1. The number of esters is 1. The fourth-order valence-corrected chi connectivity index (χ4v) is 2.06. The molecule has 0 bridgehead atoms. The van der Waals surface area contributed by atoms with Crippen LogP contribution in [0, 0.1) is 6.92 Å². The molecular formula is C13H17NO3S. The number of aryl methyl sites for hydroxylation is 1. The Labute approximate surface area is 111 Å². The first-order chi connectivity index (χ1) is 8.61. The van der Waals surface area contributed by atoms with E-state index in [0.29, 0.717) is 5.75 Å². The molecule has 1 amide bonds. The average molecular weight is 267 g/mol. The van der Waals surface area contributed by atoms with Crippen molar-refractivity contribution in [1.29, 1.82) is 0 Å². The van der Waals surface area contributed by atoms with Gasteiger partial charge < -0.3 is 10.1 Å². The summed E-state index contributed by atoms with van der Waals surface area (Å²) in [6, 6.07) is 8.20. The van der Waals surface area contributed by atoms with Gasteiger partial charge in [-0.1, -0.05) is 29.8 Å². The monoisotopic (exact) mass is 267 g/mol. The van der Waals surface area contributed by atoms with Gasteiger partial charge in [0.25, 0.3) is 0 Å². The van der Waals surface area contributed by atoms with Gasteiger partial charge in [0.15, 0.2) is 0 Å². The maximum absolute atomic E-state index is 11.4. The Balaban J connectivity index is 2.19. The van der Waals surface area contributed by atoms with E-state index in [9.17, 15) is 9.59 Å². The number of hydrogen-bond acceptors (Lipinski definition) is 4. The van der Waals surface area contributed by atoms with Gasteiger partial charge in [-0.3, -0.25) is 9.59 Å². The van der Waals surface area contributed by atoms with Gasteiger partial charge in [0.05, 0.1) is 12.9 Å². The molecule has 0 aliphatic rings. The van der Waals surface area contributed by atoms with Crippen molar-refractivity contribution in [2.75, 3.05) is 19.4 Å². The average Bonchev–Trinajstić information content (AvgIpc) is 2.38. The molecule has 0 heterocycles. The van der Waals surface area contributed by atoms with Crippen LogP contribution in [0.5, 0.6) is 0 Å². The van der Waals surface area contributed by atoms with Crippen LogP contribution in [0.15, 0.2) is 24.3 Å². The molecule has 0 saturated carbocycles. The third kappa shape index (κ3) is 5.72. The van der Waals surface area contributed by atoms with Crippen molar-refractivity contribution in [2.24, 2.45) is 0 Å². The molecule has 5 heteroatoms. The molecule has 18 heavy (non-hydrogen) atoms. The van der Waals surface area contributed by atoms with Crippen LogP contribution in [0.1, 0.15) is 11.1 Å². The quantitative estimate of drug-likeness (QED) is 0.794. The van der Waals surface area contributed by atoms with E-state index in [0.717, 1.165) is 5.75 Å². The van der Waals surface area contributed by atoms with Crippen LogP contribution in [-0.2, 0) is 20.1 Å². The minimum atomic E-state index is -0.438. The van der Waals surface area contributed by atoms with Gasteiger partial charge in [0.1, 0.15) is 6.54 Å². The summed E-state index contributed by atoms with van der Waals surface area (Å²) in [7, 11) is 1.29. The zero-order chi connectivity index (χ0) is 13.4. The number of carbonyl (C=O) groups is 2. The standard InChI is InChI=1S/C13H17NO3S/c1-10-3-5-11(6-4-10)8-18-9-12(15)14-7-13(16)17-2/h3-6H,7-9H2,1-2H3,(H,14,15). The van der Waals surface area contributed by atoms with Crippen molar-refractivity contribution in [3.05, 3.63) is 35.4 Å². The van der Waals surface area contributed by atoms with Crippen molar-refractivity contribution in [2.45, 2.75) is 12.7 Å². The Bertz CT molecular complexity index is 403. The summed E-state index contributed by atoms with van der Waals surface area (Å²) in [4.78, 5) is 22.2. The summed E-state index contributed by atoms with van der Waals surface area (Å²) in [6.07, 6.45) is 0. The van der Waals surface area contributed by atoms with Gasteiger partial charge in [-0.2, -0.15) is 0 Å². The number of thioether (sulfide) groups is 1. The van der Waals surface area contributed by atoms with E-state index in [1.807, 2.05) is 19.1 Å². The highest BCUT2D eigenvalue weighted by Crippen LogP contribution is 2.12. The second-order valence-electron chi connectivity index (χ2n) is 3.83. The summed E-state index contributed by atoms with van der Waals surface area (Å²) in [6.45, 7) is 1.97. The van der Waals surface area contributed by atoms with E-state index < -0.39 is 5.97 Å². The fourth-order valence-electron chi connectivity index (χ4n) is 1.24. The Morgan fingerprint density at radius 2 is 1.94 bits per heavy atom. The second-order valence-corrected chi connectivity index (χ2v) is 4.82. The summed E-state index contributed by atoms with van der Waals surface area (Å²) in [5, 5.41) is 2.49. The van der Waals surface area contributed by atoms with Crippen LogP contribution in [0.25, 0.3) is 0 Å². The minimum absolute atomic E-state index is 0.0690. The second kappa shape index (κ2) is 7.76. The van der Waals surface area contributed by atoms with E-state index in [-0.39, 0.29) is 12.5 Å². The lowest BCUT2D eigenvalue weighted by Gasteiger charge is -2.04. The first-order valence-corrected chi connectivity index (χ1v) is 6.74. The SMILES string of the molecule is COC(=O)CNC(=O)CSCc1ccc(C)cc1. The number of rotatable bonds is 6. The number of methoxy groups -OCH3 is 1. The molecule has 4 nitrogen and oxygen atoms in total. The number of hydrogen-bond donors (Lipinski definition) is 1. The molecule has 1 N–H and O–H groups in total. The topological polar surface area (TPSA) is 55.4 Å². The molecule has 0 atom stereocenters. The highest BCUT2D eigenvalue weighted by molar-refractivity contribution is 7.99. The number of ether oxygens (including phenoxy) is 1. The van der Waals surface area contributed by atoms with Gasteiger partial charge in [-0.15, -0.1) is 11.8 Å². The van der Waals surface area contributed by atoms with Gasteiger partial charge >= 0.3 is 5.97 Å². The number of benzene rings is 1. The first-order valence-electron chi connectivity index (χ1n) is 5.58. The molecule has 0 aliphatic heterocycles. The molecule has 0 aromatic heterocycles. The molecule has 1 aromatic carbocycles. The normalized spacial score (nSPS) is 9.89. The van der Waals surface area contributed by atoms with E-state index in [2.05, 4.69) is 22.2 Å². The van der Waals surface area contributed by atoms with E-state index in [1.54, 1.807) is 0 Å². The van der Waals surface area contributed by atoms with Crippen molar-refractivity contribution < 1.29 is 14.3 Å². The van der Waals surface area contributed by atoms with Crippen molar-refractivity contribution in [3.8, 4) is 0 Å². The predicted molar refractivity (Wildman–Crippen MR) is 72.4 cm³/mol. The molecule has 0 radical (unpaired) electrons. The zero-order valence-corrected chi connectivity index (χ0v) is 11.4. The molecule has 98 valence electrons. The highest BCUT2D eigenvalue weighted by Gasteiger charge is 2.05. The van der Waals surface area contributed by atoms with Crippen LogP contribution < -0.4 is 5.32 Å². The van der Waals surface area contributed by atoms with Gasteiger partial charge in [0.2, 0.25) is 5.91 Å². The van der Waals surface area contributed by atoms with E-state index >= 15 is 0 Å². The number of carbonyl (C=O) groups excluding carboxylic acids is 2. The van der Waals surface area contributed by atoms with E-state index in [4.69, 9.17) is 0 Å². The summed E-state index contributed by atoms with van der Waals surface area (Å²) < 4.78 is 4.43. The van der Waals surface area contributed by atoms with Crippen molar-refractivity contribution in [1.82, 2.24) is 5.32 Å². The Kier molecular flexibility index (Phi) is 6.28. The molecule has 0 unspecified atom stereocenters. The Morgan fingerprint density at radius 3 is 2.56 bits per heavy atom. The lowest BCUT2D eigenvalue weighted by atomic mass is 10.2. The third-order valence-electron chi connectivity index (χ3n) is 2.28. The summed E-state index contributed by atoms with van der Waals surface area (Å²) >= 11 is 1.52. The van der Waals surface area contributed by atoms with Gasteiger partial charge in [0, 0.05) is 5.75 Å². The molecule has 1 aromatic rings. The van der Waals surface area contributed by atoms with Crippen LogP contribution in [0.4, 0.5) is 0 Å². The van der Waals surface area contributed by atoms with Crippen LogP contribution >= 0.6 is 11.8 Å². The maximum Gasteiger partial charge on any atom is 0.325 e. The minimum Gasteiger partial charge on any atom is -0.468 e. The largest absolute Gasteiger partial charge is 0.468 e. The maximum atomic E-state index is 11.4. The lowest BCUT2D eigenvalue weighted by molar-refractivity contribution is -0.140. The van der Waals surface area contributed by atoms with Crippen LogP contribution in [-0.4, -0.2) is 31.3 Å². The smallest absolute Gasteiger partial charge is 0.325 e. The number of amides is 1. The summed E-state index contributed by atoms with van der Waals surface area (Å²) in [5.41, 5.74) is 2.41. The zero-order valence-electron chi connectivity index (χ0n) is 10.6.